The number of nitrogens with one attached hydrogen (secondary N) is 2. The molecule has 1 aliphatic heterocycles. The van der Waals surface area contributed by atoms with Crippen molar-refractivity contribution in [1.29, 1.82) is 0 Å². The Morgan fingerprint density at radius 1 is 1.27 bits per heavy atom. The van der Waals surface area contributed by atoms with Crippen LogP contribution in [0.3, 0.4) is 0 Å². The first-order valence-corrected chi connectivity index (χ1v) is 11.0. The van der Waals surface area contributed by atoms with E-state index in [1.54, 1.807) is 26.4 Å². The summed E-state index contributed by atoms with van der Waals surface area (Å²) >= 11 is 0. The lowest BCUT2D eigenvalue weighted by Gasteiger charge is -2.46. The molecule has 1 aliphatic carbocycles. The van der Waals surface area contributed by atoms with Crippen LogP contribution in [0.25, 0.3) is 21.9 Å². The summed E-state index contributed by atoms with van der Waals surface area (Å²) in [6.45, 7) is 5.69. The van der Waals surface area contributed by atoms with Gasteiger partial charge in [-0.25, -0.2) is 14.4 Å². The number of nitrogens with zero attached hydrogens (tertiary/aromatic N) is 5. The highest BCUT2D eigenvalue weighted by molar-refractivity contribution is 6.14. The molecule has 1 saturated carbocycles. The number of hydrogen-bond acceptors (Lipinski definition) is 8. The molecule has 0 amide bonds. The van der Waals surface area contributed by atoms with Crippen LogP contribution < -0.4 is 20.7 Å². The molecule has 1 aromatic carbocycles. The number of nitrogens with two attached hydrogens (primary N) is 1. The summed E-state index contributed by atoms with van der Waals surface area (Å²) in [4.78, 5) is 23.3. The molecule has 4 heterocycles. The molecule has 0 radical (unpaired) electrons. The molecule has 0 bridgehead atoms. The number of aromatic nitrogens is 5. The van der Waals surface area contributed by atoms with Crippen molar-refractivity contribution in [2.45, 2.75) is 26.3 Å². The van der Waals surface area contributed by atoms with E-state index in [-0.39, 0.29) is 23.3 Å². The van der Waals surface area contributed by atoms with E-state index in [0.29, 0.717) is 34.6 Å². The van der Waals surface area contributed by atoms with E-state index in [2.05, 4.69) is 37.1 Å². The molecule has 0 spiro atoms. The average Bonchev–Trinajstić information content (AvgIpc) is 3.28. The van der Waals surface area contributed by atoms with Crippen molar-refractivity contribution in [2.75, 3.05) is 30.4 Å². The van der Waals surface area contributed by atoms with Gasteiger partial charge < -0.3 is 25.7 Å². The summed E-state index contributed by atoms with van der Waals surface area (Å²) in [7, 11) is 1.76. The fraction of sp³-hybridized carbons (Fsp3) is 0.391. The van der Waals surface area contributed by atoms with Gasteiger partial charge >= 0.3 is 6.01 Å². The first-order valence-electron chi connectivity index (χ1n) is 11.0. The Morgan fingerprint density at radius 3 is 2.76 bits per heavy atom. The van der Waals surface area contributed by atoms with Gasteiger partial charge in [0.15, 0.2) is 5.75 Å². The average molecular weight is 449 g/mol. The van der Waals surface area contributed by atoms with Crippen LogP contribution in [-0.2, 0) is 0 Å². The van der Waals surface area contributed by atoms with Crippen LogP contribution in [0.4, 0.5) is 15.9 Å². The topological polar surface area (TPSA) is 118 Å². The monoisotopic (exact) mass is 448 g/mol. The van der Waals surface area contributed by atoms with Crippen molar-refractivity contribution < 1.29 is 9.13 Å². The lowest BCUT2D eigenvalue weighted by Crippen LogP contribution is -2.53. The van der Waals surface area contributed by atoms with Crippen molar-refractivity contribution in [3.63, 3.8) is 0 Å². The van der Waals surface area contributed by atoms with E-state index in [4.69, 9.17) is 15.5 Å². The molecule has 3 aromatic heterocycles. The van der Waals surface area contributed by atoms with Gasteiger partial charge in [-0.05, 0) is 36.8 Å². The van der Waals surface area contributed by atoms with Crippen molar-refractivity contribution in [2.24, 2.45) is 17.1 Å². The van der Waals surface area contributed by atoms with E-state index in [9.17, 15) is 4.39 Å². The SMILES string of the molecule is CNc1cc(F)cc2c1[nH]c1nc(Oc3cnc(C)nc3)nc(N3C[C@@H]4[C@H](N)C[C@]4(C)C3)c12. The minimum atomic E-state index is -0.327. The summed E-state index contributed by atoms with van der Waals surface area (Å²) in [6, 6.07) is 3.35. The van der Waals surface area contributed by atoms with Crippen molar-refractivity contribution in [3.05, 3.63) is 36.2 Å². The molecule has 6 rings (SSSR count). The summed E-state index contributed by atoms with van der Waals surface area (Å²) in [5.41, 5.74) is 8.46. The minimum Gasteiger partial charge on any atom is -0.421 e. The van der Waals surface area contributed by atoms with E-state index < -0.39 is 0 Å². The third kappa shape index (κ3) is 3.08. The van der Waals surface area contributed by atoms with Gasteiger partial charge in [0.05, 0.1) is 29.0 Å². The first-order chi connectivity index (χ1) is 15.8. The number of aryl methyl sites for hydroxylation is 1. The van der Waals surface area contributed by atoms with Gasteiger partial charge in [-0.15, -0.1) is 0 Å². The maximum absolute atomic E-state index is 14.5. The molecule has 0 unspecified atom stereocenters. The van der Waals surface area contributed by atoms with Crippen LogP contribution in [0.15, 0.2) is 24.5 Å². The third-order valence-corrected chi connectivity index (χ3v) is 7.10. The Hall–Kier alpha value is -3.53. The van der Waals surface area contributed by atoms with Crippen molar-refractivity contribution >= 4 is 33.4 Å². The molecule has 170 valence electrons. The summed E-state index contributed by atoms with van der Waals surface area (Å²) in [6.07, 6.45) is 4.16. The number of rotatable bonds is 4. The zero-order chi connectivity index (χ0) is 22.9. The Labute approximate surface area is 189 Å². The number of halogens is 1. The van der Waals surface area contributed by atoms with Crippen LogP contribution in [0.2, 0.25) is 0 Å². The van der Waals surface area contributed by atoms with Crippen LogP contribution in [0.1, 0.15) is 19.2 Å². The van der Waals surface area contributed by atoms with E-state index >= 15 is 0 Å². The maximum Gasteiger partial charge on any atom is 0.326 e. The second kappa shape index (κ2) is 6.98. The van der Waals surface area contributed by atoms with Gasteiger partial charge in [0, 0.05) is 31.6 Å². The second-order valence-electron chi connectivity index (χ2n) is 9.38. The number of H-pyrrole nitrogens is 1. The zero-order valence-corrected chi connectivity index (χ0v) is 18.7. The largest absolute Gasteiger partial charge is 0.421 e. The lowest BCUT2D eigenvalue weighted by atomic mass is 9.60. The van der Waals surface area contributed by atoms with E-state index in [1.165, 1.54) is 12.1 Å². The van der Waals surface area contributed by atoms with E-state index in [1.807, 2.05) is 0 Å². The Balaban J connectivity index is 1.54. The number of benzene rings is 1. The molecular formula is C23H25FN8O. The molecule has 2 aliphatic rings. The standard InChI is InChI=1S/C23H25FN8O/c1-11-27-7-13(8-28-11)33-22-30-20-18(14-4-12(24)5-17(26-3)19(14)29-20)21(31-22)32-9-15-16(25)6-23(15,2)10-32/h4-5,7-8,15-16,26H,6,9-10,25H2,1-3H3,(H,29,30,31)/t15-,16-,23-/m1/s1. The quantitative estimate of drug-likeness (QED) is 0.435. The summed E-state index contributed by atoms with van der Waals surface area (Å²) in [5.74, 6) is 1.87. The van der Waals surface area contributed by atoms with Gasteiger partial charge in [-0.2, -0.15) is 9.97 Å². The summed E-state index contributed by atoms with van der Waals surface area (Å²) in [5, 5.41) is 4.55. The zero-order valence-electron chi connectivity index (χ0n) is 18.7. The van der Waals surface area contributed by atoms with Crippen molar-refractivity contribution in [3.8, 4) is 11.8 Å². The van der Waals surface area contributed by atoms with Gasteiger partial charge in [0.2, 0.25) is 0 Å². The van der Waals surface area contributed by atoms with Gasteiger partial charge in [0.25, 0.3) is 0 Å². The number of ether oxygens (including phenoxy) is 1. The molecule has 1 saturated heterocycles. The second-order valence-corrected chi connectivity index (χ2v) is 9.38. The Morgan fingerprint density at radius 2 is 2.06 bits per heavy atom. The molecule has 2 fully saturated rings. The first kappa shape index (κ1) is 20.1. The van der Waals surface area contributed by atoms with Crippen LogP contribution >= 0.6 is 0 Å². The highest BCUT2D eigenvalue weighted by atomic mass is 19.1. The molecule has 9 nitrogen and oxygen atoms in total. The van der Waals surface area contributed by atoms with Gasteiger partial charge in [-0.1, -0.05) is 6.92 Å². The Bertz CT molecular complexity index is 1390. The fourth-order valence-electron chi connectivity index (χ4n) is 5.46. The molecule has 33 heavy (non-hydrogen) atoms. The van der Waals surface area contributed by atoms with Gasteiger partial charge in [0.1, 0.15) is 23.1 Å². The van der Waals surface area contributed by atoms with Crippen LogP contribution in [0, 0.1) is 24.1 Å². The highest BCUT2D eigenvalue weighted by Crippen LogP contribution is 2.52. The molecular weight excluding hydrogens is 423 g/mol. The van der Waals surface area contributed by atoms with E-state index in [0.717, 1.165) is 35.8 Å². The van der Waals surface area contributed by atoms with Crippen LogP contribution in [-0.4, -0.2) is 51.1 Å². The number of anilines is 2. The van der Waals surface area contributed by atoms with Crippen molar-refractivity contribution in [1.82, 2.24) is 24.9 Å². The van der Waals surface area contributed by atoms with Crippen LogP contribution in [0.5, 0.6) is 11.8 Å². The molecule has 4 N–H and O–H groups in total. The minimum absolute atomic E-state index is 0.149. The smallest absolute Gasteiger partial charge is 0.326 e. The normalized spacial score (nSPS) is 24.2. The maximum atomic E-state index is 14.5. The highest BCUT2D eigenvalue weighted by Gasteiger charge is 2.55. The molecule has 4 aromatic rings. The third-order valence-electron chi connectivity index (χ3n) is 7.10. The number of aromatic amines is 1. The predicted molar refractivity (Wildman–Crippen MR) is 124 cm³/mol. The van der Waals surface area contributed by atoms with Gasteiger partial charge in [-0.3, -0.25) is 0 Å². The molecule has 10 heteroatoms. The summed E-state index contributed by atoms with van der Waals surface area (Å²) < 4.78 is 20.4. The lowest BCUT2D eigenvalue weighted by molar-refractivity contribution is 0.0771. The molecule has 3 atom stereocenters. The predicted octanol–water partition coefficient (Wildman–Crippen LogP) is 3.36. The fourth-order valence-corrected chi connectivity index (χ4v) is 5.46. The Kier molecular flexibility index (Phi) is 4.25. The number of hydrogen-bond donors (Lipinski definition) is 3. The number of fused-ring (bicyclic) bond motifs is 4.